The number of likely N-dealkylation sites (N-methyl/N-ethyl adjacent to an activating group) is 1. The third-order valence-corrected chi connectivity index (χ3v) is 2.77. The normalized spacial score (nSPS) is 10.7. The van der Waals surface area contributed by atoms with E-state index >= 15 is 0 Å². The van der Waals surface area contributed by atoms with Gasteiger partial charge in [0, 0.05) is 36.2 Å². The summed E-state index contributed by atoms with van der Waals surface area (Å²) in [4.78, 5) is 13.2. The lowest BCUT2D eigenvalue weighted by Gasteiger charge is -2.11. The largest absolute Gasteiger partial charge is 0.347 e. The molecule has 1 aromatic heterocycles. The molecule has 3 nitrogen and oxygen atoms in total. The summed E-state index contributed by atoms with van der Waals surface area (Å²) < 4.78 is 1.92. The smallest absolute Gasteiger partial charge is 0.241 e. The van der Waals surface area contributed by atoms with Gasteiger partial charge in [0.15, 0.2) is 0 Å². The highest BCUT2D eigenvalue weighted by Gasteiger charge is 2.07. The molecule has 0 radical (unpaired) electrons. The minimum Gasteiger partial charge on any atom is -0.347 e. The first-order valence-electron chi connectivity index (χ1n) is 5.02. The van der Waals surface area contributed by atoms with Crippen LogP contribution in [0.5, 0.6) is 0 Å². The molecule has 2 rings (SSSR count). The van der Waals surface area contributed by atoms with E-state index in [4.69, 9.17) is 11.6 Å². The van der Waals surface area contributed by atoms with Gasteiger partial charge in [0.1, 0.15) is 6.54 Å². The van der Waals surface area contributed by atoms with Crippen molar-refractivity contribution < 1.29 is 4.79 Å². The van der Waals surface area contributed by atoms with Crippen LogP contribution >= 0.6 is 11.6 Å². The highest BCUT2D eigenvalue weighted by molar-refractivity contribution is 6.31. The average Bonchev–Trinajstić information content (AvgIpc) is 2.60. The number of amides is 1. The van der Waals surface area contributed by atoms with Crippen LogP contribution < -0.4 is 0 Å². The van der Waals surface area contributed by atoms with Crippen molar-refractivity contribution in [1.82, 2.24) is 9.47 Å². The van der Waals surface area contributed by atoms with Gasteiger partial charge in [-0.2, -0.15) is 0 Å². The lowest BCUT2D eigenvalue weighted by molar-refractivity contribution is -0.129. The Morgan fingerprint density at radius 3 is 2.81 bits per heavy atom. The molecule has 4 heteroatoms. The Kier molecular flexibility index (Phi) is 2.88. The van der Waals surface area contributed by atoms with Crippen molar-refractivity contribution in [3.8, 4) is 0 Å². The number of halogens is 1. The van der Waals surface area contributed by atoms with Crippen LogP contribution in [-0.4, -0.2) is 29.5 Å². The van der Waals surface area contributed by atoms with Crippen LogP contribution in [0.3, 0.4) is 0 Å². The molecule has 0 saturated heterocycles. The van der Waals surface area contributed by atoms with E-state index in [1.807, 2.05) is 35.0 Å². The zero-order valence-corrected chi connectivity index (χ0v) is 10.0. The van der Waals surface area contributed by atoms with Crippen molar-refractivity contribution in [2.24, 2.45) is 0 Å². The number of hydrogen-bond acceptors (Lipinski definition) is 1. The Hall–Kier alpha value is -1.48. The van der Waals surface area contributed by atoms with E-state index in [1.54, 1.807) is 19.0 Å². The van der Waals surface area contributed by atoms with Gasteiger partial charge in [-0.15, -0.1) is 0 Å². The van der Waals surface area contributed by atoms with Gasteiger partial charge in [0.05, 0.1) is 0 Å². The van der Waals surface area contributed by atoms with Gasteiger partial charge in [-0.25, -0.2) is 0 Å². The van der Waals surface area contributed by atoms with Crippen LogP contribution in [0.2, 0.25) is 5.02 Å². The SMILES string of the molecule is CN(C)C(=O)Cn1ccc2cc(Cl)ccc21. The molecule has 1 aromatic carbocycles. The van der Waals surface area contributed by atoms with E-state index in [1.165, 1.54) is 0 Å². The zero-order valence-electron chi connectivity index (χ0n) is 9.27. The Morgan fingerprint density at radius 1 is 1.38 bits per heavy atom. The standard InChI is InChI=1S/C12H13ClN2O/c1-14(2)12(16)8-15-6-5-9-7-10(13)3-4-11(9)15/h3-7H,8H2,1-2H3. The van der Waals surface area contributed by atoms with E-state index in [0.29, 0.717) is 11.6 Å². The van der Waals surface area contributed by atoms with E-state index in [9.17, 15) is 4.79 Å². The van der Waals surface area contributed by atoms with E-state index in [-0.39, 0.29) is 5.91 Å². The molecule has 0 N–H and O–H groups in total. The van der Waals surface area contributed by atoms with E-state index < -0.39 is 0 Å². The molecule has 0 aliphatic heterocycles. The molecule has 0 saturated carbocycles. The lowest BCUT2D eigenvalue weighted by Crippen LogP contribution is -2.25. The van der Waals surface area contributed by atoms with Crippen LogP contribution in [0.15, 0.2) is 30.5 Å². The minimum absolute atomic E-state index is 0.0763. The van der Waals surface area contributed by atoms with Gasteiger partial charge < -0.3 is 9.47 Å². The number of benzene rings is 1. The first kappa shape index (κ1) is 11.0. The number of hydrogen-bond donors (Lipinski definition) is 0. The highest BCUT2D eigenvalue weighted by atomic mass is 35.5. The first-order valence-corrected chi connectivity index (χ1v) is 5.40. The van der Waals surface area contributed by atoms with E-state index in [0.717, 1.165) is 10.9 Å². The third-order valence-electron chi connectivity index (χ3n) is 2.54. The second-order valence-corrected chi connectivity index (χ2v) is 4.37. The predicted molar refractivity (Wildman–Crippen MR) is 65.6 cm³/mol. The number of aromatic nitrogens is 1. The number of fused-ring (bicyclic) bond motifs is 1. The Labute approximate surface area is 99.2 Å². The van der Waals surface area contributed by atoms with Gasteiger partial charge in [-0.1, -0.05) is 11.6 Å². The summed E-state index contributed by atoms with van der Waals surface area (Å²) in [6.07, 6.45) is 1.91. The fraction of sp³-hybridized carbons (Fsp3) is 0.250. The summed E-state index contributed by atoms with van der Waals surface area (Å²) >= 11 is 5.90. The molecule has 1 heterocycles. The Balaban J connectivity index is 2.35. The first-order chi connectivity index (χ1) is 7.58. The van der Waals surface area contributed by atoms with Gasteiger partial charge >= 0.3 is 0 Å². The molecule has 84 valence electrons. The number of carbonyl (C=O) groups excluding carboxylic acids is 1. The minimum atomic E-state index is 0.0763. The summed E-state index contributed by atoms with van der Waals surface area (Å²) in [5, 5.41) is 1.77. The Morgan fingerprint density at radius 2 is 2.12 bits per heavy atom. The van der Waals surface area contributed by atoms with Crippen LogP contribution in [-0.2, 0) is 11.3 Å². The van der Waals surface area contributed by atoms with Gasteiger partial charge in [-0.3, -0.25) is 4.79 Å². The van der Waals surface area contributed by atoms with Crippen molar-refractivity contribution in [2.45, 2.75) is 6.54 Å². The Bertz CT molecular complexity index is 531. The van der Waals surface area contributed by atoms with Crippen LogP contribution in [0, 0.1) is 0 Å². The fourth-order valence-corrected chi connectivity index (χ4v) is 1.78. The second kappa shape index (κ2) is 4.18. The van der Waals surface area contributed by atoms with Gasteiger partial charge in [-0.05, 0) is 24.3 Å². The van der Waals surface area contributed by atoms with Gasteiger partial charge in [0.2, 0.25) is 5.91 Å². The van der Waals surface area contributed by atoms with Crippen LogP contribution in [0.1, 0.15) is 0 Å². The molecule has 16 heavy (non-hydrogen) atoms. The highest BCUT2D eigenvalue weighted by Crippen LogP contribution is 2.20. The van der Waals surface area contributed by atoms with E-state index in [2.05, 4.69) is 0 Å². The summed E-state index contributed by atoms with van der Waals surface area (Å²) in [5.41, 5.74) is 1.03. The molecular weight excluding hydrogens is 224 g/mol. The average molecular weight is 237 g/mol. The molecule has 2 aromatic rings. The van der Waals surface area contributed by atoms with Crippen molar-refractivity contribution in [3.63, 3.8) is 0 Å². The molecule has 0 atom stereocenters. The molecule has 0 spiro atoms. The summed E-state index contributed by atoms with van der Waals surface area (Å²) in [6.45, 7) is 0.359. The molecule has 0 fully saturated rings. The summed E-state index contributed by atoms with van der Waals surface area (Å²) in [6, 6.07) is 7.62. The number of nitrogens with zero attached hydrogens (tertiary/aromatic N) is 2. The lowest BCUT2D eigenvalue weighted by atomic mass is 10.2. The molecule has 0 bridgehead atoms. The van der Waals surface area contributed by atoms with Crippen LogP contribution in [0.25, 0.3) is 10.9 Å². The predicted octanol–water partition coefficient (Wildman–Crippen LogP) is 2.38. The quantitative estimate of drug-likeness (QED) is 0.786. The van der Waals surface area contributed by atoms with Crippen molar-refractivity contribution in [2.75, 3.05) is 14.1 Å². The van der Waals surface area contributed by atoms with Crippen molar-refractivity contribution >= 4 is 28.4 Å². The maximum Gasteiger partial charge on any atom is 0.241 e. The molecule has 0 aliphatic carbocycles. The fourth-order valence-electron chi connectivity index (χ4n) is 1.60. The monoisotopic (exact) mass is 236 g/mol. The second-order valence-electron chi connectivity index (χ2n) is 3.93. The molecule has 0 unspecified atom stereocenters. The third kappa shape index (κ3) is 2.04. The van der Waals surface area contributed by atoms with Gasteiger partial charge in [0.25, 0.3) is 0 Å². The van der Waals surface area contributed by atoms with Crippen LogP contribution in [0.4, 0.5) is 0 Å². The zero-order chi connectivity index (χ0) is 11.7. The van der Waals surface area contributed by atoms with Crippen molar-refractivity contribution in [3.05, 3.63) is 35.5 Å². The molecule has 0 aliphatic rings. The molecular formula is C12H13ClN2O. The summed E-state index contributed by atoms with van der Waals surface area (Å²) in [7, 11) is 3.51. The summed E-state index contributed by atoms with van der Waals surface area (Å²) in [5.74, 6) is 0.0763. The maximum absolute atomic E-state index is 11.6. The molecule has 1 amide bonds. The topological polar surface area (TPSA) is 25.2 Å². The number of carbonyl (C=O) groups is 1. The van der Waals surface area contributed by atoms with Crippen molar-refractivity contribution in [1.29, 1.82) is 0 Å². The number of rotatable bonds is 2. The maximum atomic E-state index is 11.6.